The Labute approximate surface area is 207 Å². The van der Waals surface area contributed by atoms with Crippen molar-refractivity contribution < 1.29 is 60.0 Å². The van der Waals surface area contributed by atoms with E-state index >= 15 is 0 Å². The summed E-state index contributed by atoms with van der Waals surface area (Å²) in [7, 11) is 0. The lowest BCUT2D eigenvalue weighted by molar-refractivity contribution is -0.132. The first-order valence-electron chi connectivity index (χ1n) is 9.91. The topological polar surface area (TPSA) is 265 Å². The first-order chi connectivity index (χ1) is 16.7. The molecule has 0 aromatic heterocycles. The number of carboxylic acids is 3. The van der Waals surface area contributed by atoms with Crippen molar-refractivity contribution in [1.82, 2.24) is 6.15 Å². The Bertz CT molecular complexity index is 1490. The van der Waals surface area contributed by atoms with E-state index in [2.05, 4.69) is 0 Å². The second kappa shape index (κ2) is 9.75. The number of ketones is 1. The zero-order valence-electron chi connectivity index (χ0n) is 19.2. The molecule has 1 aliphatic carbocycles. The number of aliphatic hydroxyl groups excluding tert-OH is 1. The Balaban J connectivity index is 0.00000481. The number of aromatic carboxylic acids is 2. The monoisotopic (exact) mass is 515 g/mol. The van der Waals surface area contributed by atoms with Gasteiger partial charge in [0.15, 0.2) is 5.78 Å². The molecule has 0 fully saturated rings. The number of carbonyl (C=O) groups excluding carboxylic acids is 1. The summed E-state index contributed by atoms with van der Waals surface area (Å²) < 4.78 is 0. The Morgan fingerprint density at radius 3 is 1.68 bits per heavy atom. The number of carbonyl (C=O) groups is 4. The smallest absolute Gasteiger partial charge is 0.339 e. The van der Waals surface area contributed by atoms with Crippen LogP contribution < -0.4 is 6.15 Å². The number of carboxylic acid groups (broad SMARTS) is 3. The van der Waals surface area contributed by atoms with Crippen LogP contribution >= 0.6 is 0 Å². The lowest BCUT2D eigenvalue weighted by Crippen LogP contribution is -2.18. The Hall–Kier alpha value is -5.30. The van der Waals surface area contributed by atoms with Crippen LogP contribution in [0, 0.1) is 6.92 Å². The van der Waals surface area contributed by atoms with Crippen molar-refractivity contribution in [1.29, 1.82) is 0 Å². The van der Waals surface area contributed by atoms with Crippen molar-refractivity contribution >= 4 is 29.3 Å². The van der Waals surface area contributed by atoms with Crippen LogP contribution in [0.25, 0.3) is 5.57 Å². The maximum atomic E-state index is 13.2. The zero-order valence-corrected chi connectivity index (χ0v) is 19.2. The number of phenolic OH excluding ortho intramolecular Hbond substituents is 2. The Morgan fingerprint density at radius 2 is 1.16 bits per heavy atom. The van der Waals surface area contributed by atoms with E-state index in [-0.39, 0.29) is 11.7 Å². The van der Waals surface area contributed by atoms with E-state index in [1.165, 1.54) is 0 Å². The Morgan fingerprint density at radius 1 is 0.676 bits per heavy atom. The molecule has 1 aliphatic rings. The van der Waals surface area contributed by atoms with Crippen LogP contribution in [0.5, 0.6) is 23.0 Å². The van der Waals surface area contributed by atoms with Crippen LogP contribution in [0.2, 0.25) is 0 Å². The third-order valence-corrected chi connectivity index (χ3v) is 5.61. The molecule has 37 heavy (non-hydrogen) atoms. The number of aliphatic carboxylic acids is 1. The molecular weight excluding hydrogens is 494 g/mol. The minimum Gasteiger partial charge on any atom is -0.507 e. The minimum absolute atomic E-state index is 0. The van der Waals surface area contributed by atoms with Gasteiger partial charge in [0.1, 0.15) is 45.5 Å². The van der Waals surface area contributed by atoms with Crippen molar-refractivity contribution in [2.75, 3.05) is 0 Å². The van der Waals surface area contributed by atoms with E-state index in [0.29, 0.717) is 12.1 Å². The van der Waals surface area contributed by atoms with E-state index in [1.54, 1.807) is 0 Å². The molecular formula is C24H21NO12. The zero-order chi connectivity index (χ0) is 27.2. The van der Waals surface area contributed by atoms with Crippen molar-refractivity contribution in [3.8, 4) is 23.0 Å². The number of phenols is 4. The minimum atomic E-state index is -1.66. The SMILES string of the molecule is CC1=C(O)C(C(=O)O)=C/C(=C(\c2cc(C(=O)O)c(O)cc2O)c2cc(C(=O)O)c(O)c(C)c2O)C1=O.N. The molecule has 0 bridgehead atoms. The average Bonchev–Trinajstić information content (AvgIpc) is 2.79. The van der Waals surface area contributed by atoms with Gasteiger partial charge in [0.05, 0.1) is 0 Å². The molecule has 0 heterocycles. The third kappa shape index (κ3) is 4.53. The van der Waals surface area contributed by atoms with Gasteiger partial charge in [-0.3, -0.25) is 4.79 Å². The molecule has 13 nitrogen and oxygen atoms in total. The first-order valence-corrected chi connectivity index (χ1v) is 9.91. The summed E-state index contributed by atoms with van der Waals surface area (Å²) in [6.07, 6.45) is 0.705. The number of benzene rings is 2. The molecule has 0 saturated heterocycles. The van der Waals surface area contributed by atoms with Gasteiger partial charge in [-0.15, -0.1) is 0 Å². The summed E-state index contributed by atoms with van der Waals surface area (Å²) >= 11 is 0. The number of aliphatic hydroxyl groups is 1. The molecule has 2 aromatic rings. The van der Waals surface area contributed by atoms with E-state index < -0.39 is 97.0 Å². The molecule has 0 spiro atoms. The number of rotatable bonds is 5. The molecule has 2 aromatic carbocycles. The molecule has 11 N–H and O–H groups in total. The number of allylic oxidation sites excluding steroid dienone is 3. The highest BCUT2D eigenvalue weighted by atomic mass is 16.4. The van der Waals surface area contributed by atoms with Crippen LogP contribution in [-0.2, 0) is 9.59 Å². The number of Topliss-reactive ketones (excluding diaryl/α,β-unsaturated/α-hetero) is 1. The van der Waals surface area contributed by atoms with Crippen molar-refractivity contribution in [2.45, 2.75) is 13.8 Å². The molecule has 3 rings (SSSR count). The summed E-state index contributed by atoms with van der Waals surface area (Å²) in [5.74, 6) is -10.1. The van der Waals surface area contributed by atoms with E-state index in [0.717, 1.165) is 26.0 Å². The average molecular weight is 515 g/mol. The van der Waals surface area contributed by atoms with Crippen LogP contribution in [0.4, 0.5) is 0 Å². The van der Waals surface area contributed by atoms with Crippen LogP contribution in [0.3, 0.4) is 0 Å². The lowest BCUT2D eigenvalue weighted by Gasteiger charge is -2.21. The van der Waals surface area contributed by atoms with Gasteiger partial charge in [-0.2, -0.15) is 0 Å². The third-order valence-electron chi connectivity index (χ3n) is 5.61. The fourth-order valence-corrected chi connectivity index (χ4v) is 3.67. The van der Waals surface area contributed by atoms with Gasteiger partial charge in [0, 0.05) is 39.5 Å². The predicted molar refractivity (Wildman–Crippen MR) is 125 cm³/mol. The highest BCUT2D eigenvalue weighted by Gasteiger charge is 2.33. The summed E-state index contributed by atoms with van der Waals surface area (Å²) in [4.78, 5) is 48.2. The van der Waals surface area contributed by atoms with Gasteiger partial charge in [-0.05, 0) is 32.1 Å². The highest BCUT2D eigenvalue weighted by molar-refractivity contribution is 6.21. The quantitative estimate of drug-likeness (QED) is 0.259. The molecule has 0 amide bonds. The number of hydrogen-bond acceptors (Lipinski definition) is 10. The predicted octanol–water partition coefficient (Wildman–Crippen LogP) is 2.60. The molecule has 0 unspecified atom stereocenters. The van der Waals surface area contributed by atoms with Crippen LogP contribution in [-0.4, -0.2) is 64.5 Å². The molecule has 13 heteroatoms. The van der Waals surface area contributed by atoms with E-state index in [4.69, 9.17) is 0 Å². The molecule has 0 atom stereocenters. The molecule has 0 radical (unpaired) electrons. The van der Waals surface area contributed by atoms with E-state index in [9.17, 15) is 60.0 Å². The highest BCUT2D eigenvalue weighted by Crippen LogP contribution is 2.45. The molecule has 0 aliphatic heterocycles. The maximum Gasteiger partial charge on any atom is 0.339 e. The van der Waals surface area contributed by atoms with E-state index in [1.807, 2.05) is 0 Å². The normalized spacial score (nSPS) is 14.5. The fourth-order valence-electron chi connectivity index (χ4n) is 3.67. The summed E-state index contributed by atoms with van der Waals surface area (Å²) in [5, 5.41) is 80.1. The summed E-state index contributed by atoms with van der Waals surface area (Å²) in [6, 6.07) is 2.09. The van der Waals surface area contributed by atoms with Crippen molar-refractivity contribution in [2.24, 2.45) is 0 Å². The molecule has 194 valence electrons. The first kappa shape index (κ1) is 27.9. The number of aromatic hydroxyl groups is 4. The summed E-state index contributed by atoms with van der Waals surface area (Å²) in [6.45, 7) is 2.23. The van der Waals surface area contributed by atoms with Gasteiger partial charge in [-0.1, -0.05) is 0 Å². The van der Waals surface area contributed by atoms with Crippen LogP contribution in [0.15, 0.2) is 46.8 Å². The Kier molecular flexibility index (Phi) is 7.36. The largest absolute Gasteiger partial charge is 0.507 e. The van der Waals surface area contributed by atoms with Gasteiger partial charge in [0.2, 0.25) is 0 Å². The van der Waals surface area contributed by atoms with Gasteiger partial charge < -0.3 is 47.0 Å². The standard InChI is InChI=1S/C24H18O12.H3N/c1-7-18(27)11(4-13(20(7)29)23(33)34)17(9-3-10(22(31)32)16(26)6-15(9)25)12-5-14(24(35)36)21(30)8(2)19(12)28;/h3-6,25-27,29-30H,1-2H3,(H,31,32)(H,33,34)(H,35,36);1H3/b17-12-;. The fraction of sp³-hybridized carbons (Fsp3) is 0.0833. The maximum absolute atomic E-state index is 13.2. The van der Waals surface area contributed by atoms with Crippen molar-refractivity contribution in [3.63, 3.8) is 0 Å². The van der Waals surface area contributed by atoms with Gasteiger partial charge >= 0.3 is 17.9 Å². The second-order valence-electron chi connectivity index (χ2n) is 7.75. The second-order valence-corrected chi connectivity index (χ2v) is 7.75. The van der Waals surface area contributed by atoms with Gasteiger partial charge in [-0.25, -0.2) is 14.4 Å². The summed E-state index contributed by atoms with van der Waals surface area (Å²) in [5.41, 5.74) is -5.19. The molecule has 0 saturated carbocycles. The van der Waals surface area contributed by atoms with Gasteiger partial charge in [0.25, 0.3) is 0 Å². The van der Waals surface area contributed by atoms with Crippen molar-refractivity contribution in [3.05, 3.63) is 74.6 Å². The number of hydrogen-bond donors (Lipinski definition) is 9. The van der Waals surface area contributed by atoms with Crippen LogP contribution in [0.1, 0.15) is 44.3 Å². The lowest BCUT2D eigenvalue weighted by atomic mass is 9.82.